The van der Waals surface area contributed by atoms with Crippen LogP contribution in [0.4, 0.5) is 14.7 Å². The van der Waals surface area contributed by atoms with Crippen molar-refractivity contribution in [3.63, 3.8) is 0 Å². The monoisotopic (exact) mass is 279 g/mol. The van der Waals surface area contributed by atoms with Crippen molar-refractivity contribution in [2.24, 2.45) is 0 Å². The van der Waals surface area contributed by atoms with Gasteiger partial charge in [-0.15, -0.1) is 0 Å². The van der Waals surface area contributed by atoms with E-state index >= 15 is 0 Å². The van der Waals surface area contributed by atoms with Gasteiger partial charge in [0.2, 0.25) is 5.95 Å². The van der Waals surface area contributed by atoms with E-state index in [4.69, 9.17) is 5.11 Å². The summed E-state index contributed by atoms with van der Waals surface area (Å²) in [5.74, 6) is -2.05. The summed E-state index contributed by atoms with van der Waals surface area (Å²) in [6, 6.07) is 3.13. The van der Waals surface area contributed by atoms with Gasteiger partial charge in [-0.05, 0) is 25.1 Å². The summed E-state index contributed by atoms with van der Waals surface area (Å²) in [7, 11) is 0. The third kappa shape index (κ3) is 3.05. The number of benzene rings is 1. The van der Waals surface area contributed by atoms with Crippen LogP contribution in [0.15, 0.2) is 24.4 Å². The van der Waals surface area contributed by atoms with E-state index < -0.39 is 17.6 Å². The first kappa shape index (κ1) is 13.9. The normalized spacial score (nSPS) is 10.3. The van der Waals surface area contributed by atoms with Crippen LogP contribution in [0, 0.1) is 18.6 Å². The lowest BCUT2D eigenvalue weighted by atomic mass is 10.2. The average molecular weight is 279 g/mol. The first-order valence-corrected chi connectivity index (χ1v) is 5.72. The zero-order valence-corrected chi connectivity index (χ0v) is 10.5. The van der Waals surface area contributed by atoms with Crippen LogP contribution in [-0.2, 0) is 6.54 Å². The predicted octanol–water partition coefficient (Wildman–Crippen LogP) is 2.37. The molecule has 0 saturated heterocycles. The van der Waals surface area contributed by atoms with Crippen molar-refractivity contribution in [1.29, 1.82) is 0 Å². The van der Waals surface area contributed by atoms with Crippen LogP contribution in [0.25, 0.3) is 0 Å². The highest BCUT2D eigenvalue weighted by molar-refractivity contribution is 5.88. The summed E-state index contributed by atoms with van der Waals surface area (Å²) in [5, 5.41) is 11.6. The highest BCUT2D eigenvalue weighted by Crippen LogP contribution is 2.12. The lowest BCUT2D eigenvalue weighted by molar-refractivity contribution is 0.0695. The fourth-order valence-corrected chi connectivity index (χ4v) is 1.62. The number of aromatic carboxylic acids is 1. The highest BCUT2D eigenvalue weighted by Gasteiger charge is 2.10. The minimum atomic E-state index is -1.12. The van der Waals surface area contributed by atoms with Crippen molar-refractivity contribution in [3.05, 3.63) is 52.9 Å². The van der Waals surface area contributed by atoms with Crippen molar-refractivity contribution in [2.45, 2.75) is 13.5 Å². The topological polar surface area (TPSA) is 75.1 Å². The SMILES string of the molecule is Cc1nc(NCc2cc(F)ccc2F)ncc1C(=O)O. The van der Waals surface area contributed by atoms with Crippen molar-refractivity contribution in [2.75, 3.05) is 5.32 Å². The molecule has 0 amide bonds. The van der Waals surface area contributed by atoms with Gasteiger partial charge in [0, 0.05) is 18.3 Å². The van der Waals surface area contributed by atoms with E-state index in [1.54, 1.807) is 0 Å². The van der Waals surface area contributed by atoms with Crippen molar-refractivity contribution in [3.8, 4) is 0 Å². The number of carbonyl (C=O) groups is 1. The summed E-state index contributed by atoms with van der Waals surface area (Å²) in [6.07, 6.45) is 1.16. The molecule has 20 heavy (non-hydrogen) atoms. The van der Waals surface area contributed by atoms with Crippen LogP contribution < -0.4 is 5.32 Å². The van der Waals surface area contributed by atoms with E-state index in [1.165, 1.54) is 6.92 Å². The van der Waals surface area contributed by atoms with Gasteiger partial charge >= 0.3 is 5.97 Å². The van der Waals surface area contributed by atoms with E-state index in [0.717, 1.165) is 24.4 Å². The Kier molecular flexibility index (Phi) is 3.88. The summed E-state index contributed by atoms with van der Waals surface area (Å²) < 4.78 is 26.4. The second-order valence-corrected chi connectivity index (χ2v) is 4.09. The van der Waals surface area contributed by atoms with Gasteiger partial charge in [0.15, 0.2) is 0 Å². The number of nitrogens with one attached hydrogen (secondary N) is 1. The van der Waals surface area contributed by atoms with Gasteiger partial charge < -0.3 is 10.4 Å². The fourth-order valence-electron chi connectivity index (χ4n) is 1.62. The summed E-state index contributed by atoms with van der Waals surface area (Å²) in [6.45, 7) is 1.52. The Morgan fingerprint density at radius 2 is 2.15 bits per heavy atom. The summed E-state index contributed by atoms with van der Waals surface area (Å²) in [5.41, 5.74) is 0.413. The largest absolute Gasteiger partial charge is 0.478 e. The van der Waals surface area contributed by atoms with Crippen molar-refractivity contribution >= 4 is 11.9 Å². The van der Waals surface area contributed by atoms with E-state index in [9.17, 15) is 13.6 Å². The first-order valence-electron chi connectivity index (χ1n) is 5.72. The number of aryl methyl sites for hydroxylation is 1. The molecule has 104 valence electrons. The van der Waals surface area contributed by atoms with E-state index in [-0.39, 0.29) is 29.3 Å². The Morgan fingerprint density at radius 1 is 1.40 bits per heavy atom. The van der Waals surface area contributed by atoms with Crippen LogP contribution in [0.1, 0.15) is 21.6 Å². The highest BCUT2D eigenvalue weighted by atomic mass is 19.1. The van der Waals surface area contributed by atoms with Crippen LogP contribution >= 0.6 is 0 Å². The van der Waals surface area contributed by atoms with Crippen molar-refractivity contribution in [1.82, 2.24) is 9.97 Å². The Bertz CT molecular complexity index is 662. The molecule has 1 aromatic heterocycles. The molecule has 0 aliphatic heterocycles. The zero-order valence-electron chi connectivity index (χ0n) is 10.5. The smallest absolute Gasteiger partial charge is 0.339 e. The Morgan fingerprint density at radius 3 is 2.80 bits per heavy atom. The molecule has 0 aliphatic rings. The summed E-state index contributed by atoms with van der Waals surface area (Å²) >= 11 is 0. The maximum Gasteiger partial charge on any atom is 0.339 e. The van der Waals surface area contributed by atoms with E-state index in [0.29, 0.717) is 0 Å². The molecular formula is C13H11F2N3O2. The van der Waals surface area contributed by atoms with Crippen LogP contribution in [0.5, 0.6) is 0 Å². The standard InChI is InChI=1S/C13H11F2N3O2/c1-7-10(12(19)20)6-17-13(18-7)16-5-8-4-9(14)2-3-11(8)15/h2-4,6H,5H2,1H3,(H,19,20)(H,16,17,18). The molecule has 0 saturated carbocycles. The van der Waals surface area contributed by atoms with E-state index in [1.807, 2.05) is 0 Å². The molecule has 2 rings (SSSR count). The number of hydrogen-bond acceptors (Lipinski definition) is 4. The average Bonchev–Trinajstić information content (AvgIpc) is 2.39. The van der Waals surface area contributed by atoms with Crippen molar-refractivity contribution < 1.29 is 18.7 Å². The van der Waals surface area contributed by atoms with E-state index in [2.05, 4.69) is 15.3 Å². The quantitative estimate of drug-likeness (QED) is 0.898. The van der Waals surface area contributed by atoms with Crippen LogP contribution in [0.3, 0.4) is 0 Å². The predicted molar refractivity (Wildman–Crippen MR) is 67.4 cm³/mol. The number of carboxylic acid groups (broad SMARTS) is 1. The van der Waals surface area contributed by atoms with Gasteiger partial charge in [0.25, 0.3) is 0 Å². The molecule has 7 heteroatoms. The molecule has 1 aromatic carbocycles. The molecule has 0 fully saturated rings. The number of halogens is 2. The third-order valence-corrected chi connectivity index (χ3v) is 2.65. The third-order valence-electron chi connectivity index (χ3n) is 2.65. The molecule has 0 unspecified atom stereocenters. The van der Waals surface area contributed by atoms with Crippen LogP contribution in [0.2, 0.25) is 0 Å². The number of anilines is 1. The number of hydrogen-bond donors (Lipinski definition) is 2. The second-order valence-electron chi connectivity index (χ2n) is 4.09. The second kappa shape index (κ2) is 5.60. The molecule has 2 N–H and O–H groups in total. The molecule has 0 radical (unpaired) electrons. The van der Waals surface area contributed by atoms with Gasteiger partial charge in [-0.25, -0.2) is 23.5 Å². The van der Waals surface area contributed by atoms with Gasteiger partial charge in [-0.3, -0.25) is 0 Å². The lowest BCUT2D eigenvalue weighted by Crippen LogP contribution is -2.09. The minimum Gasteiger partial charge on any atom is -0.478 e. The fraction of sp³-hybridized carbons (Fsp3) is 0.154. The number of rotatable bonds is 4. The van der Waals surface area contributed by atoms with Gasteiger partial charge in [-0.2, -0.15) is 0 Å². The Labute approximate surface area is 113 Å². The molecule has 0 spiro atoms. The Balaban J connectivity index is 2.13. The van der Waals surface area contributed by atoms with Gasteiger partial charge in [0.1, 0.15) is 11.6 Å². The molecular weight excluding hydrogens is 268 g/mol. The maximum absolute atomic E-state index is 13.4. The molecule has 2 aromatic rings. The summed E-state index contributed by atoms with van der Waals surface area (Å²) in [4.78, 5) is 18.6. The molecule has 0 bridgehead atoms. The number of nitrogens with zero attached hydrogens (tertiary/aromatic N) is 2. The molecule has 5 nitrogen and oxygen atoms in total. The number of aromatic nitrogens is 2. The minimum absolute atomic E-state index is 0.00451. The molecule has 1 heterocycles. The Hall–Kier alpha value is -2.57. The number of carboxylic acids is 1. The van der Waals surface area contributed by atoms with Crippen LogP contribution in [-0.4, -0.2) is 21.0 Å². The molecule has 0 atom stereocenters. The lowest BCUT2D eigenvalue weighted by Gasteiger charge is -2.07. The van der Waals surface area contributed by atoms with Gasteiger partial charge in [-0.1, -0.05) is 0 Å². The van der Waals surface area contributed by atoms with Gasteiger partial charge in [0.05, 0.1) is 11.3 Å². The maximum atomic E-state index is 13.4. The zero-order chi connectivity index (χ0) is 14.7. The molecule has 0 aliphatic carbocycles. The first-order chi connectivity index (χ1) is 9.47.